The molecule has 2 rings (SSSR count). The van der Waals surface area contributed by atoms with E-state index in [1.165, 1.54) is 17.0 Å². The van der Waals surface area contributed by atoms with E-state index in [9.17, 15) is 27.9 Å². The fraction of sp³-hybridized carbons (Fsp3) is 0.579. The molecule has 1 aliphatic heterocycles. The lowest BCUT2D eigenvalue weighted by Gasteiger charge is -2.39. The van der Waals surface area contributed by atoms with Crippen LogP contribution in [0.3, 0.4) is 0 Å². The molecule has 1 saturated heterocycles. The molecular weight excluding hydrogens is 379 g/mol. The van der Waals surface area contributed by atoms with E-state index in [0.29, 0.717) is 5.56 Å². The van der Waals surface area contributed by atoms with Crippen molar-refractivity contribution in [2.75, 3.05) is 13.1 Å². The van der Waals surface area contributed by atoms with Gasteiger partial charge in [0.2, 0.25) is 0 Å². The number of benzene rings is 1. The Labute approximate surface area is 161 Å². The van der Waals surface area contributed by atoms with E-state index in [4.69, 9.17) is 4.74 Å². The first-order valence-corrected chi connectivity index (χ1v) is 8.86. The standard InChI is InChI=1S/C19H24F3NO5/c1-17(2,3)28-16(26)23-9-7-18(8-10-23,15(24)25)12-13-5-4-6-14(11-13)27-19(20,21)22/h4-6,11H,7-10,12H2,1-3H3,(H,24,25). The quantitative estimate of drug-likeness (QED) is 0.814. The van der Waals surface area contributed by atoms with Crippen molar-refractivity contribution in [2.45, 2.75) is 52.0 Å². The number of alkyl halides is 3. The van der Waals surface area contributed by atoms with Crippen LogP contribution in [0.15, 0.2) is 24.3 Å². The first kappa shape index (κ1) is 21.8. The van der Waals surface area contributed by atoms with Gasteiger partial charge in [0.25, 0.3) is 0 Å². The lowest BCUT2D eigenvalue weighted by atomic mass is 9.74. The van der Waals surface area contributed by atoms with E-state index in [-0.39, 0.29) is 32.4 Å². The molecule has 0 atom stereocenters. The molecule has 0 radical (unpaired) electrons. The number of carboxylic acids is 1. The summed E-state index contributed by atoms with van der Waals surface area (Å²) in [5, 5.41) is 9.77. The van der Waals surface area contributed by atoms with Gasteiger partial charge in [-0.15, -0.1) is 13.2 Å². The predicted molar refractivity (Wildman–Crippen MR) is 93.9 cm³/mol. The number of carbonyl (C=O) groups is 2. The van der Waals surface area contributed by atoms with Crippen LogP contribution in [0.25, 0.3) is 0 Å². The largest absolute Gasteiger partial charge is 0.573 e. The molecule has 0 aliphatic carbocycles. The first-order chi connectivity index (χ1) is 12.8. The molecule has 1 aromatic rings. The van der Waals surface area contributed by atoms with Crippen molar-refractivity contribution in [3.63, 3.8) is 0 Å². The second-order valence-electron chi connectivity index (χ2n) is 7.92. The van der Waals surface area contributed by atoms with Gasteiger partial charge in [0.15, 0.2) is 0 Å². The molecule has 28 heavy (non-hydrogen) atoms. The molecule has 0 unspecified atom stereocenters. The fourth-order valence-corrected chi connectivity index (χ4v) is 3.15. The highest BCUT2D eigenvalue weighted by atomic mass is 19.4. The summed E-state index contributed by atoms with van der Waals surface area (Å²) in [6.45, 7) is 5.62. The normalized spacial score (nSPS) is 17.1. The summed E-state index contributed by atoms with van der Waals surface area (Å²) in [4.78, 5) is 25.6. The number of hydrogen-bond donors (Lipinski definition) is 1. The molecule has 0 saturated carbocycles. The fourth-order valence-electron chi connectivity index (χ4n) is 3.15. The lowest BCUT2D eigenvalue weighted by Crippen LogP contribution is -2.48. The third-order valence-corrected chi connectivity index (χ3v) is 4.50. The highest BCUT2D eigenvalue weighted by molar-refractivity contribution is 5.76. The van der Waals surface area contributed by atoms with Crippen LogP contribution in [0.5, 0.6) is 5.75 Å². The SMILES string of the molecule is CC(C)(C)OC(=O)N1CCC(Cc2cccc(OC(F)(F)F)c2)(C(=O)O)CC1. The number of nitrogens with zero attached hydrogens (tertiary/aromatic N) is 1. The smallest absolute Gasteiger partial charge is 0.481 e. The summed E-state index contributed by atoms with van der Waals surface area (Å²) >= 11 is 0. The third kappa shape index (κ3) is 6.03. The average molecular weight is 403 g/mol. The minimum absolute atomic E-state index is 0.0412. The summed E-state index contributed by atoms with van der Waals surface area (Å²) in [7, 11) is 0. The maximum absolute atomic E-state index is 12.4. The van der Waals surface area contributed by atoms with Gasteiger partial charge in [-0.25, -0.2) is 4.79 Å². The zero-order valence-electron chi connectivity index (χ0n) is 16.0. The molecule has 0 bridgehead atoms. The molecule has 9 heteroatoms. The second kappa shape index (κ2) is 7.89. The van der Waals surface area contributed by atoms with Crippen LogP contribution in [-0.4, -0.2) is 47.1 Å². The van der Waals surface area contributed by atoms with Gasteiger partial charge in [-0.2, -0.15) is 0 Å². The Morgan fingerprint density at radius 2 is 1.79 bits per heavy atom. The van der Waals surface area contributed by atoms with Gasteiger partial charge in [0, 0.05) is 13.1 Å². The van der Waals surface area contributed by atoms with Gasteiger partial charge >= 0.3 is 18.4 Å². The molecule has 1 aromatic carbocycles. The highest BCUT2D eigenvalue weighted by Gasteiger charge is 2.43. The number of likely N-dealkylation sites (tertiary alicyclic amines) is 1. The Hall–Kier alpha value is -2.45. The number of halogens is 3. The van der Waals surface area contributed by atoms with E-state index in [1.54, 1.807) is 26.8 Å². The van der Waals surface area contributed by atoms with Crippen molar-refractivity contribution in [3.8, 4) is 5.75 Å². The molecule has 1 amide bonds. The number of hydrogen-bond acceptors (Lipinski definition) is 4. The van der Waals surface area contributed by atoms with Crippen LogP contribution in [-0.2, 0) is 16.0 Å². The Morgan fingerprint density at radius 3 is 2.29 bits per heavy atom. The van der Waals surface area contributed by atoms with Gasteiger partial charge in [0.1, 0.15) is 11.4 Å². The monoisotopic (exact) mass is 403 g/mol. The van der Waals surface area contributed by atoms with Gasteiger partial charge in [-0.3, -0.25) is 4.79 Å². The zero-order chi connectivity index (χ0) is 21.2. The van der Waals surface area contributed by atoms with Gasteiger partial charge in [-0.05, 0) is 57.7 Å². The van der Waals surface area contributed by atoms with E-state index in [2.05, 4.69) is 4.74 Å². The van der Waals surface area contributed by atoms with Crippen molar-refractivity contribution in [2.24, 2.45) is 5.41 Å². The molecular formula is C19H24F3NO5. The molecule has 6 nitrogen and oxygen atoms in total. The third-order valence-electron chi connectivity index (χ3n) is 4.50. The number of carboxylic acid groups (broad SMARTS) is 1. The van der Waals surface area contributed by atoms with Crippen molar-refractivity contribution in [1.29, 1.82) is 0 Å². The van der Waals surface area contributed by atoms with Crippen LogP contribution in [0.4, 0.5) is 18.0 Å². The van der Waals surface area contributed by atoms with Crippen molar-refractivity contribution in [3.05, 3.63) is 29.8 Å². The highest BCUT2D eigenvalue weighted by Crippen LogP contribution is 2.37. The van der Waals surface area contributed by atoms with E-state index in [1.807, 2.05) is 0 Å². The average Bonchev–Trinajstić information content (AvgIpc) is 2.52. The second-order valence-corrected chi connectivity index (χ2v) is 7.92. The van der Waals surface area contributed by atoms with Crippen LogP contribution in [0.1, 0.15) is 39.2 Å². The number of carbonyl (C=O) groups excluding carboxylic acids is 1. The van der Waals surface area contributed by atoms with Crippen molar-refractivity contribution in [1.82, 2.24) is 4.90 Å². The maximum atomic E-state index is 12.4. The van der Waals surface area contributed by atoms with Crippen LogP contribution in [0, 0.1) is 5.41 Å². The van der Waals surface area contributed by atoms with E-state index < -0.39 is 35.2 Å². The van der Waals surface area contributed by atoms with Gasteiger partial charge < -0.3 is 19.5 Å². The molecule has 1 fully saturated rings. The molecule has 1 heterocycles. The molecule has 0 aromatic heterocycles. The summed E-state index contributed by atoms with van der Waals surface area (Å²) in [6, 6.07) is 5.31. The number of amides is 1. The molecule has 0 spiro atoms. The minimum atomic E-state index is -4.82. The number of rotatable bonds is 4. The van der Waals surface area contributed by atoms with Crippen LogP contribution < -0.4 is 4.74 Å². The minimum Gasteiger partial charge on any atom is -0.481 e. The lowest BCUT2D eigenvalue weighted by molar-refractivity contribution is -0.274. The Morgan fingerprint density at radius 1 is 1.18 bits per heavy atom. The number of piperidine rings is 1. The summed E-state index contributed by atoms with van der Waals surface area (Å²) in [5.41, 5.74) is -1.40. The molecule has 1 N–H and O–H groups in total. The maximum Gasteiger partial charge on any atom is 0.573 e. The van der Waals surface area contributed by atoms with Crippen LogP contribution in [0.2, 0.25) is 0 Å². The zero-order valence-corrected chi connectivity index (χ0v) is 16.0. The summed E-state index contributed by atoms with van der Waals surface area (Å²) < 4.78 is 46.4. The van der Waals surface area contributed by atoms with E-state index >= 15 is 0 Å². The number of aliphatic carboxylic acids is 1. The number of ether oxygens (including phenoxy) is 2. The topological polar surface area (TPSA) is 76.1 Å². The van der Waals surface area contributed by atoms with E-state index in [0.717, 1.165) is 6.07 Å². The molecule has 1 aliphatic rings. The summed E-state index contributed by atoms with van der Waals surface area (Å²) in [6.07, 6.45) is -4.94. The van der Waals surface area contributed by atoms with Crippen molar-refractivity contribution < 1.29 is 37.3 Å². The van der Waals surface area contributed by atoms with Crippen molar-refractivity contribution >= 4 is 12.1 Å². The molecule has 156 valence electrons. The van der Waals surface area contributed by atoms with Crippen LogP contribution >= 0.6 is 0 Å². The Balaban J connectivity index is 2.10. The predicted octanol–water partition coefficient (Wildman–Crippen LogP) is 4.23. The summed E-state index contributed by atoms with van der Waals surface area (Å²) in [5.74, 6) is -1.43. The Bertz CT molecular complexity index is 719. The first-order valence-electron chi connectivity index (χ1n) is 8.86. The van der Waals surface area contributed by atoms with Gasteiger partial charge in [-0.1, -0.05) is 12.1 Å². The Kier molecular flexibility index (Phi) is 6.15. The van der Waals surface area contributed by atoms with Gasteiger partial charge in [0.05, 0.1) is 5.41 Å².